The number of quaternary nitrogens is 1. The highest BCUT2D eigenvalue weighted by Gasteiger charge is 2.48. The molecule has 0 bridgehead atoms. The smallest absolute Gasteiger partial charge is 0.276 e. The number of aromatic nitrogens is 4. The largest absolute Gasteiger partial charge is 0.484 e. The van der Waals surface area contributed by atoms with Crippen LogP contribution in [-0.2, 0) is 13.0 Å². The molecule has 8 nitrogen and oxygen atoms in total. The lowest BCUT2D eigenvalue weighted by atomic mass is 9.87. The number of benzene rings is 1. The van der Waals surface area contributed by atoms with Crippen molar-refractivity contribution in [2.75, 3.05) is 26.3 Å². The number of piperidine rings is 1. The SMILES string of the molecule is CC(C)(C)[N+]1(CCn2c(=O)cnc3ccc(F)cc32)CCCCC1Cc1cc2c(nn1)OCCO2. The van der Waals surface area contributed by atoms with E-state index in [1.165, 1.54) is 18.3 Å². The normalized spacial score (nSPS) is 22.3. The topological polar surface area (TPSA) is 79.1 Å². The minimum absolute atomic E-state index is 0.0655. The molecule has 2 aliphatic rings. The summed E-state index contributed by atoms with van der Waals surface area (Å²) < 4.78 is 27.8. The summed E-state index contributed by atoms with van der Waals surface area (Å²) in [5.74, 6) is 0.741. The summed E-state index contributed by atoms with van der Waals surface area (Å²) in [4.78, 5) is 17.0. The Labute approximate surface area is 204 Å². The van der Waals surface area contributed by atoms with E-state index in [1.807, 2.05) is 6.07 Å². The van der Waals surface area contributed by atoms with Crippen molar-refractivity contribution in [3.63, 3.8) is 0 Å². The molecule has 0 amide bonds. The predicted molar refractivity (Wildman–Crippen MR) is 130 cm³/mol. The Hall–Kier alpha value is -3.07. The minimum atomic E-state index is -0.369. The van der Waals surface area contributed by atoms with E-state index in [4.69, 9.17) is 9.47 Å². The fourth-order valence-electron chi connectivity index (χ4n) is 5.87. The lowest BCUT2D eigenvalue weighted by molar-refractivity contribution is -0.996. The van der Waals surface area contributed by atoms with E-state index in [1.54, 1.807) is 10.6 Å². The van der Waals surface area contributed by atoms with Gasteiger partial charge in [0, 0.05) is 18.9 Å². The molecule has 0 radical (unpaired) electrons. The van der Waals surface area contributed by atoms with E-state index in [9.17, 15) is 9.18 Å². The van der Waals surface area contributed by atoms with Gasteiger partial charge < -0.3 is 14.0 Å². The van der Waals surface area contributed by atoms with E-state index in [-0.39, 0.29) is 16.9 Å². The zero-order chi connectivity index (χ0) is 24.6. The van der Waals surface area contributed by atoms with Crippen molar-refractivity contribution < 1.29 is 18.3 Å². The van der Waals surface area contributed by atoms with E-state index < -0.39 is 0 Å². The molecular weight excluding hydrogens is 449 g/mol. The van der Waals surface area contributed by atoms with Crippen molar-refractivity contribution in [2.45, 2.75) is 64.6 Å². The van der Waals surface area contributed by atoms with Crippen LogP contribution in [0.15, 0.2) is 35.3 Å². The molecule has 9 heteroatoms. The van der Waals surface area contributed by atoms with E-state index in [2.05, 4.69) is 36.0 Å². The van der Waals surface area contributed by atoms with Crippen LogP contribution < -0.4 is 15.0 Å². The van der Waals surface area contributed by atoms with Gasteiger partial charge >= 0.3 is 0 Å². The van der Waals surface area contributed by atoms with E-state index in [0.29, 0.717) is 48.5 Å². The molecule has 1 aromatic carbocycles. The zero-order valence-corrected chi connectivity index (χ0v) is 20.7. The molecule has 35 heavy (non-hydrogen) atoms. The first kappa shape index (κ1) is 23.7. The molecule has 0 spiro atoms. The van der Waals surface area contributed by atoms with Crippen LogP contribution in [0.2, 0.25) is 0 Å². The monoisotopic (exact) mass is 482 g/mol. The highest BCUT2D eigenvalue weighted by Crippen LogP contribution is 2.38. The molecule has 2 atom stereocenters. The van der Waals surface area contributed by atoms with Crippen LogP contribution in [0.25, 0.3) is 11.0 Å². The third kappa shape index (κ3) is 4.49. The molecule has 5 rings (SSSR count). The van der Waals surface area contributed by atoms with Crippen molar-refractivity contribution in [3.05, 3.63) is 52.3 Å². The molecule has 3 aromatic rings. The summed E-state index contributed by atoms with van der Waals surface area (Å²) in [6.07, 6.45) is 5.44. The summed E-state index contributed by atoms with van der Waals surface area (Å²) >= 11 is 0. The third-order valence-corrected chi connectivity index (χ3v) is 7.71. The van der Waals surface area contributed by atoms with Crippen LogP contribution >= 0.6 is 0 Å². The van der Waals surface area contributed by atoms with Gasteiger partial charge in [0.2, 0.25) is 0 Å². The Kier molecular flexibility index (Phi) is 6.21. The number of ether oxygens (including phenoxy) is 2. The van der Waals surface area contributed by atoms with Gasteiger partial charge in [-0.1, -0.05) is 0 Å². The van der Waals surface area contributed by atoms with Crippen LogP contribution in [0.3, 0.4) is 0 Å². The lowest BCUT2D eigenvalue weighted by Crippen LogP contribution is -2.68. The van der Waals surface area contributed by atoms with Crippen molar-refractivity contribution in [2.24, 2.45) is 0 Å². The predicted octanol–water partition coefficient (Wildman–Crippen LogP) is 3.51. The fourth-order valence-corrected chi connectivity index (χ4v) is 5.87. The van der Waals surface area contributed by atoms with E-state index >= 15 is 0 Å². The summed E-state index contributed by atoms with van der Waals surface area (Å²) in [5.41, 5.74) is 1.78. The number of hydrogen-bond donors (Lipinski definition) is 0. The Balaban J connectivity index is 1.47. The number of likely N-dealkylation sites (tertiary alicyclic amines) is 1. The highest BCUT2D eigenvalue weighted by atomic mass is 19.1. The summed E-state index contributed by atoms with van der Waals surface area (Å²) in [7, 11) is 0. The lowest BCUT2D eigenvalue weighted by Gasteiger charge is -2.56. The maximum absolute atomic E-state index is 14.1. The Bertz CT molecular complexity index is 1290. The molecule has 0 aliphatic carbocycles. The van der Waals surface area contributed by atoms with Gasteiger partial charge in [0.05, 0.1) is 54.1 Å². The fraction of sp³-hybridized carbons (Fsp3) is 0.538. The van der Waals surface area contributed by atoms with Crippen molar-refractivity contribution in [1.29, 1.82) is 0 Å². The first-order chi connectivity index (χ1) is 16.8. The first-order valence-corrected chi connectivity index (χ1v) is 12.4. The van der Waals surface area contributed by atoms with Gasteiger partial charge in [-0.2, -0.15) is 5.10 Å². The number of nitrogens with zero attached hydrogens (tertiary/aromatic N) is 5. The molecule has 2 unspecified atom stereocenters. The van der Waals surface area contributed by atoms with Gasteiger partial charge in [0.1, 0.15) is 19.0 Å². The zero-order valence-electron chi connectivity index (χ0n) is 20.7. The van der Waals surface area contributed by atoms with Crippen LogP contribution in [0.1, 0.15) is 45.7 Å². The van der Waals surface area contributed by atoms with E-state index in [0.717, 1.165) is 48.9 Å². The molecule has 186 valence electrons. The molecule has 4 heterocycles. The van der Waals surface area contributed by atoms with Gasteiger partial charge in [-0.3, -0.25) is 9.36 Å². The summed E-state index contributed by atoms with van der Waals surface area (Å²) in [5, 5.41) is 8.70. The molecule has 1 fully saturated rings. The molecule has 0 saturated carbocycles. The summed E-state index contributed by atoms with van der Waals surface area (Å²) in [6.45, 7) is 10.1. The average Bonchev–Trinajstić information content (AvgIpc) is 2.83. The molecule has 1 saturated heterocycles. The minimum Gasteiger partial charge on any atom is -0.484 e. The van der Waals surface area contributed by atoms with Gasteiger partial charge in [-0.15, -0.1) is 5.10 Å². The number of hydrogen-bond acceptors (Lipinski definition) is 6. The number of fused-ring (bicyclic) bond motifs is 2. The quantitative estimate of drug-likeness (QED) is 0.518. The average molecular weight is 483 g/mol. The first-order valence-electron chi connectivity index (χ1n) is 12.4. The van der Waals surface area contributed by atoms with Crippen LogP contribution in [0.4, 0.5) is 4.39 Å². The molecule has 2 aliphatic heterocycles. The van der Waals surface area contributed by atoms with Gasteiger partial charge in [-0.25, -0.2) is 9.37 Å². The third-order valence-electron chi connectivity index (χ3n) is 7.71. The van der Waals surface area contributed by atoms with Crippen molar-refractivity contribution in [1.82, 2.24) is 19.7 Å². The second-order valence-corrected chi connectivity index (χ2v) is 10.6. The number of rotatable bonds is 5. The van der Waals surface area contributed by atoms with Gasteiger partial charge in [-0.05, 0) is 51.8 Å². The van der Waals surface area contributed by atoms with Gasteiger partial charge in [0.15, 0.2) is 5.75 Å². The van der Waals surface area contributed by atoms with Gasteiger partial charge in [0.25, 0.3) is 11.4 Å². The maximum atomic E-state index is 14.1. The summed E-state index contributed by atoms with van der Waals surface area (Å²) in [6, 6.07) is 6.67. The standard InChI is InChI=1S/C26H33FN5O3/c1-26(2,3)32(11-9-31-22-14-18(27)7-8-21(22)28-17-24(31)33)10-5-4-6-20(32)15-19-16-23-25(30-29-19)35-13-12-34-23/h7-8,14,16-17,20H,4-6,9-13,15H2,1-3H3/q+1. The second kappa shape index (κ2) is 9.18. The van der Waals surface area contributed by atoms with Crippen molar-refractivity contribution in [3.8, 4) is 11.6 Å². The Morgan fingerprint density at radius 1 is 1.14 bits per heavy atom. The molecule has 2 aromatic heterocycles. The molecular formula is C26H33FN5O3+. The van der Waals surface area contributed by atoms with Crippen molar-refractivity contribution >= 4 is 11.0 Å². The second-order valence-electron chi connectivity index (χ2n) is 10.6. The number of halogens is 1. The molecule has 0 N–H and O–H groups in total. The van der Waals surface area contributed by atoms with Crippen LogP contribution in [-0.4, -0.2) is 62.1 Å². The maximum Gasteiger partial charge on any atom is 0.276 e. The van der Waals surface area contributed by atoms with Crippen LogP contribution in [0.5, 0.6) is 11.6 Å². The Morgan fingerprint density at radius 2 is 1.97 bits per heavy atom. The Morgan fingerprint density at radius 3 is 2.80 bits per heavy atom. The van der Waals surface area contributed by atoms with Crippen LogP contribution in [0, 0.1) is 5.82 Å². The highest BCUT2D eigenvalue weighted by molar-refractivity contribution is 5.74.